The number of carboxylic acids is 1. The molecule has 0 radical (unpaired) electrons. The van der Waals surface area contributed by atoms with Crippen LogP contribution in [0.4, 0.5) is 0 Å². The van der Waals surface area contributed by atoms with Gasteiger partial charge in [-0.15, -0.1) is 0 Å². The molecular weight excluding hydrogens is 290 g/mol. The minimum Gasteiger partial charge on any atom is -0.480 e. The van der Waals surface area contributed by atoms with Crippen molar-refractivity contribution in [2.75, 3.05) is 19.6 Å². The fraction of sp³-hybridized carbons (Fsp3) is 0.769. The van der Waals surface area contributed by atoms with Gasteiger partial charge in [-0.25, -0.2) is 4.79 Å². The second kappa shape index (κ2) is 8.89. The SMILES string of the molecule is CC(=O)N[C@@H](CCCCN1CC(CN=[N+]=[N-])CC1=O)C(=O)O. The Morgan fingerprint density at radius 2 is 2.27 bits per heavy atom. The van der Waals surface area contributed by atoms with Crippen molar-refractivity contribution in [3.8, 4) is 0 Å². The summed E-state index contributed by atoms with van der Waals surface area (Å²) in [6.07, 6.45) is 1.99. The first kappa shape index (κ1) is 17.8. The molecule has 22 heavy (non-hydrogen) atoms. The summed E-state index contributed by atoms with van der Waals surface area (Å²) in [5.74, 6) is -1.32. The third kappa shape index (κ3) is 6.01. The normalized spacial score (nSPS) is 18.7. The smallest absolute Gasteiger partial charge is 0.326 e. The highest BCUT2D eigenvalue weighted by atomic mass is 16.4. The van der Waals surface area contributed by atoms with E-state index in [9.17, 15) is 14.4 Å². The van der Waals surface area contributed by atoms with Crippen LogP contribution in [-0.4, -0.2) is 53.5 Å². The molecule has 0 aromatic rings. The maximum atomic E-state index is 11.8. The highest BCUT2D eigenvalue weighted by Gasteiger charge is 2.28. The molecule has 122 valence electrons. The fourth-order valence-corrected chi connectivity index (χ4v) is 2.50. The van der Waals surface area contributed by atoms with Crippen LogP contribution in [0.15, 0.2) is 5.11 Å². The highest BCUT2D eigenvalue weighted by Crippen LogP contribution is 2.19. The predicted molar refractivity (Wildman–Crippen MR) is 77.8 cm³/mol. The number of carbonyl (C=O) groups excluding carboxylic acids is 2. The van der Waals surface area contributed by atoms with Crippen molar-refractivity contribution >= 4 is 17.8 Å². The van der Waals surface area contributed by atoms with Crippen LogP contribution in [0.2, 0.25) is 0 Å². The Labute approximate surface area is 128 Å². The van der Waals surface area contributed by atoms with Gasteiger partial charge in [0.15, 0.2) is 0 Å². The van der Waals surface area contributed by atoms with Gasteiger partial charge in [-0.2, -0.15) is 0 Å². The second-order valence-electron chi connectivity index (χ2n) is 5.41. The molecule has 1 aliphatic heterocycles. The van der Waals surface area contributed by atoms with E-state index >= 15 is 0 Å². The van der Waals surface area contributed by atoms with Crippen molar-refractivity contribution < 1.29 is 19.5 Å². The molecule has 9 nitrogen and oxygen atoms in total. The summed E-state index contributed by atoms with van der Waals surface area (Å²) in [6.45, 7) is 2.73. The molecular formula is C13H21N5O4. The topological polar surface area (TPSA) is 135 Å². The van der Waals surface area contributed by atoms with Crippen molar-refractivity contribution in [1.29, 1.82) is 0 Å². The van der Waals surface area contributed by atoms with Gasteiger partial charge >= 0.3 is 5.97 Å². The molecule has 2 N–H and O–H groups in total. The number of carbonyl (C=O) groups is 3. The van der Waals surface area contributed by atoms with Gasteiger partial charge in [0.25, 0.3) is 0 Å². The van der Waals surface area contributed by atoms with Crippen LogP contribution in [-0.2, 0) is 14.4 Å². The minimum absolute atomic E-state index is 0.0368. The van der Waals surface area contributed by atoms with E-state index in [1.54, 1.807) is 4.90 Å². The molecule has 0 aromatic heterocycles. The van der Waals surface area contributed by atoms with Crippen LogP contribution < -0.4 is 5.32 Å². The fourth-order valence-electron chi connectivity index (χ4n) is 2.50. The Hall–Kier alpha value is -2.28. The van der Waals surface area contributed by atoms with E-state index in [1.807, 2.05) is 0 Å². The Balaban J connectivity index is 2.29. The lowest BCUT2D eigenvalue weighted by Crippen LogP contribution is -2.39. The number of azide groups is 1. The summed E-state index contributed by atoms with van der Waals surface area (Å²) < 4.78 is 0. The number of amides is 2. The van der Waals surface area contributed by atoms with E-state index in [-0.39, 0.29) is 17.7 Å². The average molecular weight is 311 g/mol. The second-order valence-corrected chi connectivity index (χ2v) is 5.41. The monoisotopic (exact) mass is 311 g/mol. The van der Waals surface area contributed by atoms with Gasteiger partial charge in [0.1, 0.15) is 6.04 Å². The number of hydrogen-bond donors (Lipinski definition) is 2. The number of unbranched alkanes of at least 4 members (excludes halogenated alkanes) is 1. The van der Waals surface area contributed by atoms with Gasteiger partial charge in [0.2, 0.25) is 11.8 Å². The summed E-state index contributed by atoms with van der Waals surface area (Å²) in [5, 5.41) is 14.8. The molecule has 9 heteroatoms. The number of rotatable bonds is 9. The summed E-state index contributed by atoms with van der Waals surface area (Å²) in [4.78, 5) is 38.0. The molecule has 1 rings (SSSR count). The maximum absolute atomic E-state index is 11.8. The zero-order valence-corrected chi connectivity index (χ0v) is 12.6. The third-order valence-electron chi connectivity index (χ3n) is 3.54. The van der Waals surface area contributed by atoms with E-state index < -0.39 is 12.0 Å². The minimum atomic E-state index is -1.05. The number of likely N-dealkylation sites (tertiary alicyclic amines) is 1. The summed E-state index contributed by atoms with van der Waals surface area (Å²) in [6, 6.07) is -0.885. The number of nitrogens with one attached hydrogen (secondary N) is 1. The summed E-state index contributed by atoms with van der Waals surface area (Å²) in [5.41, 5.74) is 8.27. The Bertz CT molecular complexity index is 475. The molecule has 1 aliphatic rings. The van der Waals surface area contributed by atoms with Gasteiger partial charge in [-0.05, 0) is 30.7 Å². The molecule has 2 atom stereocenters. The zero-order valence-electron chi connectivity index (χ0n) is 12.6. The lowest BCUT2D eigenvalue weighted by Gasteiger charge is -2.17. The van der Waals surface area contributed by atoms with Crippen LogP contribution in [0.25, 0.3) is 10.4 Å². The Morgan fingerprint density at radius 1 is 1.55 bits per heavy atom. The summed E-state index contributed by atoms with van der Waals surface area (Å²) >= 11 is 0. The lowest BCUT2D eigenvalue weighted by atomic mass is 10.1. The van der Waals surface area contributed by atoms with Gasteiger partial charge in [-0.3, -0.25) is 9.59 Å². The van der Waals surface area contributed by atoms with Gasteiger partial charge in [-0.1, -0.05) is 5.11 Å². The molecule has 0 saturated carbocycles. The zero-order chi connectivity index (χ0) is 16.5. The summed E-state index contributed by atoms with van der Waals surface area (Å²) in [7, 11) is 0. The standard InChI is InChI=1S/C13H21N5O4/c1-9(19)16-11(13(21)22)4-2-3-5-18-8-10(6-12(18)20)7-15-17-14/h10-11H,2-8H2,1H3,(H,16,19)(H,21,22)/t10?,11-/m0/s1. The van der Waals surface area contributed by atoms with Crippen molar-refractivity contribution in [3.63, 3.8) is 0 Å². The van der Waals surface area contributed by atoms with E-state index in [0.29, 0.717) is 45.3 Å². The van der Waals surface area contributed by atoms with E-state index in [0.717, 1.165) is 0 Å². The Kier molecular flexibility index (Phi) is 7.18. The molecule has 0 aromatic carbocycles. The third-order valence-corrected chi connectivity index (χ3v) is 3.54. The van der Waals surface area contributed by atoms with Crippen molar-refractivity contribution in [3.05, 3.63) is 10.4 Å². The first-order valence-corrected chi connectivity index (χ1v) is 7.22. The Morgan fingerprint density at radius 3 is 2.86 bits per heavy atom. The van der Waals surface area contributed by atoms with Crippen LogP contribution in [0.5, 0.6) is 0 Å². The van der Waals surface area contributed by atoms with Gasteiger partial charge < -0.3 is 15.3 Å². The van der Waals surface area contributed by atoms with Crippen LogP contribution >= 0.6 is 0 Å². The first-order valence-electron chi connectivity index (χ1n) is 7.22. The van der Waals surface area contributed by atoms with Crippen LogP contribution in [0.3, 0.4) is 0 Å². The van der Waals surface area contributed by atoms with Gasteiger partial charge in [0.05, 0.1) is 0 Å². The predicted octanol–water partition coefficient (Wildman–Crippen LogP) is 0.905. The number of aliphatic carboxylic acids is 1. The average Bonchev–Trinajstić information content (AvgIpc) is 2.79. The van der Waals surface area contributed by atoms with Crippen molar-refractivity contribution in [1.82, 2.24) is 10.2 Å². The number of hydrogen-bond acceptors (Lipinski definition) is 4. The maximum Gasteiger partial charge on any atom is 0.326 e. The molecule has 0 bridgehead atoms. The lowest BCUT2D eigenvalue weighted by molar-refractivity contribution is -0.141. The van der Waals surface area contributed by atoms with Gasteiger partial charge in [0, 0.05) is 37.9 Å². The molecule has 1 unspecified atom stereocenters. The van der Waals surface area contributed by atoms with Crippen molar-refractivity contribution in [2.45, 2.75) is 38.6 Å². The van der Waals surface area contributed by atoms with Crippen LogP contribution in [0.1, 0.15) is 32.6 Å². The van der Waals surface area contributed by atoms with E-state index in [2.05, 4.69) is 15.3 Å². The molecule has 1 heterocycles. The number of carboxylic acid groups (broad SMARTS) is 1. The molecule has 0 aliphatic carbocycles. The quantitative estimate of drug-likeness (QED) is 0.283. The van der Waals surface area contributed by atoms with E-state index in [4.69, 9.17) is 10.6 Å². The van der Waals surface area contributed by atoms with Crippen LogP contribution in [0, 0.1) is 5.92 Å². The molecule has 1 fully saturated rings. The molecule has 1 saturated heterocycles. The van der Waals surface area contributed by atoms with Crippen molar-refractivity contribution in [2.24, 2.45) is 11.0 Å². The van der Waals surface area contributed by atoms with E-state index in [1.165, 1.54) is 6.92 Å². The molecule has 2 amide bonds. The highest BCUT2D eigenvalue weighted by molar-refractivity contribution is 5.82. The molecule has 0 spiro atoms. The largest absolute Gasteiger partial charge is 0.480 e. The number of nitrogens with zero attached hydrogens (tertiary/aromatic N) is 4. The first-order chi connectivity index (χ1) is 10.4.